The molecule has 0 aliphatic heterocycles. The summed E-state index contributed by atoms with van der Waals surface area (Å²) in [7, 11) is 0. The van der Waals surface area contributed by atoms with E-state index in [0.29, 0.717) is 5.92 Å². The van der Waals surface area contributed by atoms with Crippen molar-refractivity contribution in [2.75, 3.05) is 0 Å². The standard InChI is InChI=1S/C14H23NO2/c1-10(16)11(2)17-14(9-15)7-3-4-13(8-14)12-5-6-12/h10-13,16H,3-8H2,1-2H3. The van der Waals surface area contributed by atoms with Crippen molar-refractivity contribution in [1.82, 2.24) is 0 Å². The fourth-order valence-corrected chi connectivity index (χ4v) is 2.94. The molecule has 2 rings (SSSR count). The monoisotopic (exact) mass is 237 g/mol. The van der Waals surface area contributed by atoms with Crippen LogP contribution in [-0.2, 0) is 4.74 Å². The summed E-state index contributed by atoms with van der Waals surface area (Å²) in [4.78, 5) is 0. The van der Waals surface area contributed by atoms with E-state index in [9.17, 15) is 10.4 Å². The molecule has 4 atom stereocenters. The van der Waals surface area contributed by atoms with Gasteiger partial charge in [-0.25, -0.2) is 0 Å². The number of ether oxygens (including phenoxy) is 1. The van der Waals surface area contributed by atoms with E-state index in [0.717, 1.165) is 25.2 Å². The first-order valence-corrected chi connectivity index (χ1v) is 6.83. The second-order valence-corrected chi connectivity index (χ2v) is 5.86. The first-order valence-electron chi connectivity index (χ1n) is 6.83. The molecule has 0 aromatic heterocycles. The Morgan fingerprint density at radius 1 is 1.29 bits per heavy atom. The topological polar surface area (TPSA) is 53.2 Å². The Labute approximate surface area is 104 Å². The van der Waals surface area contributed by atoms with E-state index in [4.69, 9.17) is 4.74 Å². The quantitative estimate of drug-likeness (QED) is 0.817. The zero-order chi connectivity index (χ0) is 12.5. The van der Waals surface area contributed by atoms with Crippen LogP contribution in [0.15, 0.2) is 0 Å². The van der Waals surface area contributed by atoms with Crippen LogP contribution in [0.4, 0.5) is 0 Å². The summed E-state index contributed by atoms with van der Waals surface area (Å²) in [5, 5.41) is 19.0. The molecular weight excluding hydrogens is 214 g/mol. The normalized spacial score (nSPS) is 37.2. The maximum absolute atomic E-state index is 9.51. The van der Waals surface area contributed by atoms with Crippen molar-refractivity contribution in [3.63, 3.8) is 0 Å². The average molecular weight is 237 g/mol. The van der Waals surface area contributed by atoms with Gasteiger partial charge in [-0.05, 0) is 64.2 Å². The fraction of sp³-hybridized carbons (Fsp3) is 0.929. The van der Waals surface area contributed by atoms with E-state index in [2.05, 4.69) is 6.07 Å². The second kappa shape index (κ2) is 4.96. The van der Waals surface area contributed by atoms with Crippen molar-refractivity contribution in [2.45, 2.75) is 70.2 Å². The summed E-state index contributed by atoms with van der Waals surface area (Å²) in [5.41, 5.74) is -0.637. The van der Waals surface area contributed by atoms with Gasteiger partial charge in [0, 0.05) is 0 Å². The molecule has 96 valence electrons. The van der Waals surface area contributed by atoms with Crippen molar-refractivity contribution < 1.29 is 9.84 Å². The molecule has 0 aromatic carbocycles. The molecule has 0 bridgehead atoms. The molecule has 0 amide bonds. The van der Waals surface area contributed by atoms with E-state index >= 15 is 0 Å². The van der Waals surface area contributed by atoms with Crippen LogP contribution < -0.4 is 0 Å². The fourth-order valence-electron chi connectivity index (χ4n) is 2.94. The molecule has 1 N–H and O–H groups in total. The van der Waals surface area contributed by atoms with Gasteiger partial charge in [-0.1, -0.05) is 0 Å². The SMILES string of the molecule is CC(O)C(C)OC1(C#N)CCCC(C2CC2)C1. The van der Waals surface area contributed by atoms with Crippen LogP contribution in [0, 0.1) is 23.2 Å². The molecule has 0 heterocycles. The number of rotatable bonds is 4. The molecule has 0 saturated heterocycles. The predicted molar refractivity (Wildman–Crippen MR) is 65.3 cm³/mol. The highest BCUT2D eigenvalue weighted by Gasteiger charge is 2.44. The highest BCUT2D eigenvalue weighted by Crippen LogP contribution is 2.47. The summed E-state index contributed by atoms with van der Waals surface area (Å²) in [6.45, 7) is 3.57. The number of hydrogen-bond acceptors (Lipinski definition) is 3. The van der Waals surface area contributed by atoms with Gasteiger partial charge in [-0.2, -0.15) is 5.26 Å². The van der Waals surface area contributed by atoms with Gasteiger partial charge in [0.1, 0.15) is 0 Å². The third-order valence-corrected chi connectivity index (χ3v) is 4.33. The smallest absolute Gasteiger partial charge is 0.155 e. The summed E-state index contributed by atoms with van der Waals surface area (Å²) in [5.74, 6) is 1.51. The average Bonchev–Trinajstić information content (AvgIpc) is 3.13. The van der Waals surface area contributed by atoms with Crippen molar-refractivity contribution in [3.05, 3.63) is 0 Å². The molecule has 4 unspecified atom stereocenters. The van der Waals surface area contributed by atoms with Crippen molar-refractivity contribution in [3.8, 4) is 6.07 Å². The van der Waals surface area contributed by atoms with E-state index in [-0.39, 0.29) is 6.10 Å². The summed E-state index contributed by atoms with van der Waals surface area (Å²) < 4.78 is 5.89. The largest absolute Gasteiger partial charge is 0.391 e. The van der Waals surface area contributed by atoms with E-state index in [1.165, 1.54) is 19.3 Å². The Morgan fingerprint density at radius 3 is 2.53 bits per heavy atom. The molecule has 2 fully saturated rings. The zero-order valence-corrected chi connectivity index (χ0v) is 10.9. The number of hydrogen-bond donors (Lipinski definition) is 1. The lowest BCUT2D eigenvalue weighted by Crippen LogP contribution is -2.42. The molecule has 0 radical (unpaired) electrons. The third kappa shape index (κ3) is 3.00. The number of aliphatic hydroxyl groups excluding tert-OH is 1. The van der Waals surface area contributed by atoms with Crippen LogP contribution in [0.25, 0.3) is 0 Å². The van der Waals surface area contributed by atoms with Gasteiger partial charge < -0.3 is 9.84 Å². The second-order valence-electron chi connectivity index (χ2n) is 5.86. The van der Waals surface area contributed by atoms with Crippen molar-refractivity contribution in [1.29, 1.82) is 5.26 Å². The molecule has 2 aliphatic carbocycles. The van der Waals surface area contributed by atoms with Crippen LogP contribution in [0.2, 0.25) is 0 Å². The van der Waals surface area contributed by atoms with Crippen molar-refractivity contribution in [2.24, 2.45) is 11.8 Å². The van der Waals surface area contributed by atoms with Crippen LogP contribution in [0.3, 0.4) is 0 Å². The number of nitrogens with zero attached hydrogens (tertiary/aromatic N) is 1. The molecular formula is C14H23NO2. The first kappa shape index (κ1) is 12.9. The minimum Gasteiger partial charge on any atom is -0.391 e. The molecule has 3 heteroatoms. The highest BCUT2D eigenvalue weighted by molar-refractivity contribution is 5.07. The third-order valence-electron chi connectivity index (χ3n) is 4.33. The number of nitriles is 1. The van der Waals surface area contributed by atoms with Gasteiger partial charge in [0.15, 0.2) is 5.60 Å². The van der Waals surface area contributed by atoms with E-state index in [1.807, 2.05) is 6.92 Å². The van der Waals surface area contributed by atoms with E-state index < -0.39 is 11.7 Å². The molecule has 0 spiro atoms. The lowest BCUT2D eigenvalue weighted by Gasteiger charge is -2.38. The lowest BCUT2D eigenvalue weighted by atomic mass is 9.76. The van der Waals surface area contributed by atoms with Crippen LogP contribution >= 0.6 is 0 Å². The van der Waals surface area contributed by atoms with Gasteiger partial charge >= 0.3 is 0 Å². The zero-order valence-electron chi connectivity index (χ0n) is 10.9. The van der Waals surface area contributed by atoms with Gasteiger partial charge in [0.25, 0.3) is 0 Å². The predicted octanol–water partition coefficient (Wildman–Crippen LogP) is 2.63. The first-order chi connectivity index (χ1) is 8.06. The minimum atomic E-state index is -0.637. The Kier molecular flexibility index (Phi) is 3.75. The maximum Gasteiger partial charge on any atom is 0.155 e. The summed E-state index contributed by atoms with van der Waals surface area (Å²) in [6.07, 6.45) is 5.92. The Balaban J connectivity index is 2.00. The number of aliphatic hydroxyl groups is 1. The van der Waals surface area contributed by atoms with Gasteiger partial charge in [-0.3, -0.25) is 0 Å². The van der Waals surface area contributed by atoms with Crippen LogP contribution in [-0.4, -0.2) is 22.9 Å². The molecule has 3 nitrogen and oxygen atoms in total. The van der Waals surface area contributed by atoms with Crippen LogP contribution in [0.5, 0.6) is 0 Å². The molecule has 2 aliphatic rings. The van der Waals surface area contributed by atoms with E-state index in [1.54, 1.807) is 6.92 Å². The van der Waals surface area contributed by atoms with Crippen LogP contribution in [0.1, 0.15) is 52.4 Å². The molecule has 0 aromatic rings. The Bertz CT molecular complexity index is 302. The minimum absolute atomic E-state index is 0.257. The van der Waals surface area contributed by atoms with Gasteiger partial charge in [-0.15, -0.1) is 0 Å². The Hall–Kier alpha value is -0.590. The summed E-state index contributed by atoms with van der Waals surface area (Å²) >= 11 is 0. The van der Waals surface area contributed by atoms with Gasteiger partial charge in [0.2, 0.25) is 0 Å². The highest BCUT2D eigenvalue weighted by atomic mass is 16.5. The summed E-state index contributed by atoms with van der Waals surface area (Å²) in [6, 6.07) is 2.38. The maximum atomic E-state index is 9.51. The molecule has 2 saturated carbocycles. The van der Waals surface area contributed by atoms with Gasteiger partial charge in [0.05, 0.1) is 18.3 Å². The van der Waals surface area contributed by atoms with Crippen molar-refractivity contribution >= 4 is 0 Å². The lowest BCUT2D eigenvalue weighted by molar-refractivity contribution is -0.118. The Morgan fingerprint density at radius 2 is 2.00 bits per heavy atom. The molecule has 17 heavy (non-hydrogen) atoms.